The molecule has 59 heavy (non-hydrogen) atoms. The summed E-state index contributed by atoms with van der Waals surface area (Å²) in [5.41, 5.74) is 0. The molecule has 0 radical (unpaired) electrons. The molecular weight excluding hydrogens is 762 g/mol. The standard InChI is InChI=1S/C45H81NO13/c1-3-5-7-9-11-13-15-16-17-19-21-23-25-27-29-37(50)46-33(34(49)28-26-24-22-20-18-14-12-10-8-6-4-2)32-56-44-42(55)40(53)43(36(31-48)58-44)59-45-41(54)39(52)38(51)35(30-47)57-45/h15-16,18,20,26,28,33-36,38-45,47-49,51-55H,3-14,17,19,21-25,27,29-32H2,1-2H3,(H,46,50)/b16-15-,20-18+,28-26+. The molecule has 0 saturated carbocycles. The van der Waals surface area contributed by atoms with Gasteiger partial charge >= 0.3 is 0 Å². The molecule has 12 atom stereocenters. The Labute approximate surface area is 353 Å². The summed E-state index contributed by atoms with van der Waals surface area (Å²) in [5, 5.41) is 86.3. The Kier molecular flexibility index (Phi) is 29.7. The molecule has 2 saturated heterocycles. The summed E-state index contributed by atoms with van der Waals surface area (Å²) in [4.78, 5) is 13.1. The maximum Gasteiger partial charge on any atom is 0.220 e. The molecule has 2 fully saturated rings. The van der Waals surface area contributed by atoms with Gasteiger partial charge in [0.2, 0.25) is 5.91 Å². The molecule has 2 rings (SSSR count). The van der Waals surface area contributed by atoms with E-state index in [1.54, 1.807) is 6.08 Å². The third-order valence-corrected chi connectivity index (χ3v) is 11.0. The zero-order valence-corrected chi connectivity index (χ0v) is 36.0. The first-order valence-corrected chi connectivity index (χ1v) is 22.7. The van der Waals surface area contributed by atoms with Crippen LogP contribution in [0, 0.1) is 0 Å². The van der Waals surface area contributed by atoms with E-state index < -0.39 is 86.8 Å². The number of hydrogen-bond acceptors (Lipinski definition) is 13. The van der Waals surface area contributed by atoms with Crippen LogP contribution in [0.25, 0.3) is 0 Å². The lowest BCUT2D eigenvalue weighted by Gasteiger charge is -2.46. The molecule has 0 aromatic rings. The van der Waals surface area contributed by atoms with Gasteiger partial charge in [-0.2, -0.15) is 0 Å². The molecule has 2 aliphatic heterocycles. The smallest absolute Gasteiger partial charge is 0.220 e. The Morgan fingerprint density at radius 1 is 0.593 bits per heavy atom. The van der Waals surface area contributed by atoms with Gasteiger partial charge in [-0.1, -0.05) is 121 Å². The normalized spacial score (nSPS) is 28.8. The maximum atomic E-state index is 13.1. The van der Waals surface area contributed by atoms with Gasteiger partial charge in [0, 0.05) is 6.42 Å². The second kappa shape index (κ2) is 32.9. The lowest BCUT2D eigenvalue weighted by molar-refractivity contribution is -0.359. The molecule has 2 aliphatic rings. The lowest BCUT2D eigenvalue weighted by Crippen LogP contribution is -2.65. The Balaban J connectivity index is 1.92. The number of amides is 1. The molecule has 9 N–H and O–H groups in total. The third-order valence-electron chi connectivity index (χ3n) is 11.0. The molecule has 2 heterocycles. The number of nitrogens with one attached hydrogen (secondary N) is 1. The van der Waals surface area contributed by atoms with Crippen molar-refractivity contribution in [3.05, 3.63) is 36.5 Å². The number of aliphatic hydroxyl groups is 8. The van der Waals surface area contributed by atoms with Crippen molar-refractivity contribution in [2.45, 2.75) is 222 Å². The van der Waals surface area contributed by atoms with Crippen LogP contribution < -0.4 is 5.32 Å². The minimum Gasteiger partial charge on any atom is -0.394 e. The zero-order chi connectivity index (χ0) is 43.3. The fraction of sp³-hybridized carbons (Fsp3) is 0.844. The molecular formula is C45H81NO13. The van der Waals surface area contributed by atoms with Crippen LogP contribution in [0.2, 0.25) is 0 Å². The lowest BCUT2D eigenvalue weighted by atomic mass is 9.97. The number of hydrogen-bond donors (Lipinski definition) is 9. The van der Waals surface area contributed by atoms with Crippen molar-refractivity contribution in [1.82, 2.24) is 5.32 Å². The molecule has 0 spiro atoms. The van der Waals surface area contributed by atoms with E-state index in [9.17, 15) is 45.6 Å². The first kappa shape index (κ1) is 53.3. The van der Waals surface area contributed by atoms with Crippen molar-refractivity contribution in [2.75, 3.05) is 19.8 Å². The van der Waals surface area contributed by atoms with Crippen molar-refractivity contribution >= 4 is 5.91 Å². The number of unbranched alkanes of at least 4 members (excludes halogenated alkanes) is 16. The molecule has 0 aliphatic carbocycles. The van der Waals surface area contributed by atoms with Gasteiger partial charge in [-0.3, -0.25) is 4.79 Å². The largest absolute Gasteiger partial charge is 0.394 e. The van der Waals surface area contributed by atoms with Gasteiger partial charge in [0.15, 0.2) is 12.6 Å². The van der Waals surface area contributed by atoms with Crippen LogP contribution in [0.4, 0.5) is 0 Å². The van der Waals surface area contributed by atoms with E-state index in [0.29, 0.717) is 12.8 Å². The van der Waals surface area contributed by atoms with Crippen LogP contribution >= 0.6 is 0 Å². The second-order valence-corrected chi connectivity index (χ2v) is 16.2. The Morgan fingerprint density at radius 3 is 1.66 bits per heavy atom. The Morgan fingerprint density at radius 2 is 1.08 bits per heavy atom. The highest BCUT2D eigenvalue weighted by Crippen LogP contribution is 2.30. The van der Waals surface area contributed by atoms with E-state index in [1.165, 1.54) is 64.2 Å². The topological polar surface area (TPSA) is 228 Å². The van der Waals surface area contributed by atoms with Crippen LogP contribution in [0.3, 0.4) is 0 Å². The number of carbonyl (C=O) groups is 1. The van der Waals surface area contributed by atoms with Gasteiger partial charge in [-0.25, -0.2) is 0 Å². The van der Waals surface area contributed by atoms with Crippen molar-refractivity contribution in [3.63, 3.8) is 0 Å². The number of rotatable bonds is 33. The van der Waals surface area contributed by atoms with Crippen molar-refractivity contribution < 1.29 is 64.6 Å². The van der Waals surface area contributed by atoms with Crippen molar-refractivity contribution in [3.8, 4) is 0 Å². The SMILES string of the molecule is CCCCCCC/C=C\CCCCCCCC(=O)NC(COC1OC(CO)C(OC2OC(CO)C(O)C(O)C2O)C(O)C1O)C(O)/C=C/CC/C=C/CCCCCCC. The molecule has 0 aromatic heterocycles. The second-order valence-electron chi connectivity index (χ2n) is 16.2. The predicted molar refractivity (Wildman–Crippen MR) is 226 cm³/mol. The average Bonchev–Trinajstić information content (AvgIpc) is 3.23. The summed E-state index contributed by atoms with van der Waals surface area (Å²) < 4.78 is 22.6. The monoisotopic (exact) mass is 844 g/mol. The molecule has 14 heteroatoms. The highest BCUT2D eigenvalue weighted by Gasteiger charge is 2.50. The maximum absolute atomic E-state index is 13.1. The van der Waals surface area contributed by atoms with Crippen LogP contribution in [-0.2, 0) is 23.7 Å². The Hall–Kier alpha value is -1.79. The van der Waals surface area contributed by atoms with E-state index in [4.69, 9.17) is 18.9 Å². The summed E-state index contributed by atoms with van der Waals surface area (Å²) in [6.07, 6.45) is 17.7. The van der Waals surface area contributed by atoms with Gasteiger partial charge in [-0.05, 0) is 57.8 Å². The van der Waals surface area contributed by atoms with Gasteiger partial charge in [0.1, 0.15) is 48.8 Å². The molecule has 0 bridgehead atoms. The van der Waals surface area contributed by atoms with Crippen LogP contribution in [0.1, 0.15) is 149 Å². The predicted octanol–water partition coefficient (Wildman–Crippen LogP) is 4.37. The summed E-state index contributed by atoms with van der Waals surface area (Å²) >= 11 is 0. The zero-order valence-electron chi connectivity index (χ0n) is 36.0. The van der Waals surface area contributed by atoms with Crippen LogP contribution in [0.5, 0.6) is 0 Å². The molecule has 1 amide bonds. The minimum absolute atomic E-state index is 0.263. The summed E-state index contributed by atoms with van der Waals surface area (Å²) in [6.45, 7) is 2.69. The Bertz CT molecular complexity index is 1140. The molecule has 344 valence electrons. The molecule has 14 nitrogen and oxygen atoms in total. The average molecular weight is 844 g/mol. The summed E-state index contributed by atoms with van der Waals surface area (Å²) in [5.74, 6) is -0.263. The molecule has 12 unspecified atom stereocenters. The number of carbonyl (C=O) groups excluding carboxylic acids is 1. The summed E-state index contributed by atoms with van der Waals surface area (Å²) in [6, 6.07) is -0.931. The minimum atomic E-state index is -1.79. The highest BCUT2D eigenvalue weighted by molar-refractivity contribution is 5.76. The van der Waals surface area contributed by atoms with E-state index in [-0.39, 0.29) is 18.9 Å². The van der Waals surface area contributed by atoms with Gasteiger partial charge in [0.05, 0.1) is 32.0 Å². The van der Waals surface area contributed by atoms with Crippen LogP contribution in [0.15, 0.2) is 36.5 Å². The van der Waals surface area contributed by atoms with Crippen molar-refractivity contribution in [1.29, 1.82) is 0 Å². The molecule has 0 aromatic carbocycles. The quantitative estimate of drug-likeness (QED) is 0.0331. The first-order chi connectivity index (χ1) is 28.6. The first-order valence-electron chi connectivity index (χ1n) is 22.7. The van der Waals surface area contributed by atoms with Crippen LogP contribution in [-0.4, -0.2) is 140 Å². The number of ether oxygens (including phenoxy) is 4. The van der Waals surface area contributed by atoms with Crippen molar-refractivity contribution in [2.24, 2.45) is 0 Å². The number of aliphatic hydroxyl groups excluding tert-OH is 8. The highest BCUT2D eigenvalue weighted by atomic mass is 16.7. The fourth-order valence-corrected chi connectivity index (χ4v) is 7.24. The third kappa shape index (κ3) is 21.2. The van der Waals surface area contributed by atoms with E-state index in [0.717, 1.165) is 51.4 Å². The number of allylic oxidation sites excluding steroid dienone is 5. The van der Waals surface area contributed by atoms with Gasteiger partial charge in [-0.15, -0.1) is 0 Å². The van der Waals surface area contributed by atoms with E-state index >= 15 is 0 Å². The van der Waals surface area contributed by atoms with E-state index in [2.05, 4.69) is 43.5 Å². The van der Waals surface area contributed by atoms with Gasteiger partial charge < -0.3 is 65.1 Å². The van der Waals surface area contributed by atoms with Gasteiger partial charge in [0.25, 0.3) is 0 Å². The van der Waals surface area contributed by atoms with E-state index in [1.807, 2.05) is 6.08 Å². The fourth-order valence-electron chi connectivity index (χ4n) is 7.24. The summed E-state index contributed by atoms with van der Waals surface area (Å²) in [7, 11) is 0.